The first-order valence-electron chi connectivity index (χ1n) is 4.48. The van der Waals surface area contributed by atoms with Crippen LogP contribution in [0.5, 0.6) is 5.75 Å². The predicted octanol–water partition coefficient (Wildman–Crippen LogP) is 2.40. The lowest BCUT2D eigenvalue weighted by molar-refractivity contribution is 0.0951. The van der Waals surface area contributed by atoms with E-state index < -0.39 is 0 Å². The summed E-state index contributed by atoms with van der Waals surface area (Å²) in [6.45, 7) is 0.490. The minimum Gasteiger partial charge on any atom is -0.507 e. The predicted molar refractivity (Wildman–Crippen MR) is 60.8 cm³/mol. The highest BCUT2D eigenvalue weighted by Crippen LogP contribution is 2.21. The van der Waals surface area contributed by atoms with Crippen molar-refractivity contribution in [3.05, 3.63) is 28.8 Å². The van der Waals surface area contributed by atoms with E-state index >= 15 is 0 Å². The van der Waals surface area contributed by atoms with Crippen molar-refractivity contribution in [1.29, 1.82) is 0 Å². The number of hydrogen-bond donors (Lipinski definition) is 2. The second kappa shape index (κ2) is 5.83. The average molecular weight is 248 g/mol. The van der Waals surface area contributed by atoms with E-state index in [1.165, 1.54) is 12.1 Å². The Kier molecular flexibility index (Phi) is 4.72. The Bertz CT molecular complexity index is 355. The molecule has 0 unspecified atom stereocenters. The summed E-state index contributed by atoms with van der Waals surface area (Å²) in [7, 11) is 0. The smallest absolute Gasteiger partial charge is 0.255 e. The highest BCUT2D eigenvalue weighted by Gasteiger charge is 2.10. The van der Waals surface area contributed by atoms with Gasteiger partial charge in [-0.15, -0.1) is 11.6 Å². The monoisotopic (exact) mass is 247 g/mol. The van der Waals surface area contributed by atoms with Crippen LogP contribution in [-0.2, 0) is 0 Å². The van der Waals surface area contributed by atoms with Gasteiger partial charge in [0.25, 0.3) is 5.91 Å². The highest BCUT2D eigenvalue weighted by molar-refractivity contribution is 6.30. The summed E-state index contributed by atoms with van der Waals surface area (Å²) in [6, 6.07) is 4.36. The summed E-state index contributed by atoms with van der Waals surface area (Å²) in [6.07, 6.45) is 0.696. The summed E-state index contributed by atoms with van der Waals surface area (Å²) >= 11 is 11.1. The molecule has 3 nitrogen and oxygen atoms in total. The Balaban J connectivity index is 2.65. The number of hydrogen-bond acceptors (Lipinski definition) is 2. The fourth-order valence-corrected chi connectivity index (χ4v) is 1.36. The van der Waals surface area contributed by atoms with Gasteiger partial charge in [0.05, 0.1) is 5.56 Å². The average Bonchev–Trinajstić information content (AvgIpc) is 2.17. The van der Waals surface area contributed by atoms with Gasteiger partial charge in [0, 0.05) is 17.4 Å². The summed E-state index contributed by atoms with van der Waals surface area (Å²) in [5, 5.41) is 12.5. The third-order valence-electron chi connectivity index (χ3n) is 1.80. The third kappa shape index (κ3) is 3.61. The standard InChI is InChI=1S/C10H11Cl2NO2/c11-4-1-5-13-10(15)8-3-2-7(12)6-9(8)14/h2-3,6,14H,1,4-5H2,(H,13,15). The lowest BCUT2D eigenvalue weighted by Crippen LogP contribution is -2.24. The maximum atomic E-state index is 11.5. The molecule has 0 atom stereocenters. The van der Waals surface area contributed by atoms with Crippen molar-refractivity contribution in [2.45, 2.75) is 6.42 Å². The van der Waals surface area contributed by atoms with Gasteiger partial charge in [-0.2, -0.15) is 0 Å². The number of aromatic hydroxyl groups is 1. The normalized spacial score (nSPS) is 10.0. The zero-order valence-corrected chi connectivity index (χ0v) is 9.48. The van der Waals surface area contributed by atoms with E-state index in [0.29, 0.717) is 23.9 Å². The first kappa shape index (κ1) is 12.1. The second-order valence-corrected chi connectivity index (χ2v) is 3.77. The summed E-state index contributed by atoms with van der Waals surface area (Å²) < 4.78 is 0. The molecule has 0 bridgehead atoms. The van der Waals surface area contributed by atoms with Crippen LogP contribution < -0.4 is 5.32 Å². The second-order valence-electron chi connectivity index (χ2n) is 2.96. The van der Waals surface area contributed by atoms with Gasteiger partial charge in [-0.05, 0) is 24.6 Å². The number of halogens is 2. The Labute approximate surface area is 98.0 Å². The molecule has 1 amide bonds. The molecule has 1 aromatic carbocycles. The molecular formula is C10H11Cl2NO2. The maximum absolute atomic E-state index is 11.5. The zero-order valence-electron chi connectivity index (χ0n) is 7.96. The summed E-state index contributed by atoms with van der Waals surface area (Å²) in [5.41, 5.74) is 0.217. The van der Waals surface area contributed by atoms with Crippen LogP contribution in [0.25, 0.3) is 0 Å². The van der Waals surface area contributed by atoms with Crippen molar-refractivity contribution >= 4 is 29.1 Å². The number of phenolic OH excluding ortho intramolecular Hbond substituents is 1. The number of alkyl halides is 1. The molecule has 1 aromatic rings. The van der Waals surface area contributed by atoms with Gasteiger partial charge < -0.3 is 10.4 Å². The van der Waals surface area contributed by atoms with Crippen LogP contribution in [0.4, 0.5) is 0 Å². The number of phenols is 1. The lowest BCUT2D eigenvalue weighted by Gasteiger charge is -2.05. The van der Waals surface area contributed by atoms with Crippen molar-refractivity contribution < 1.29 is 9.90 Å². The van der Waals surface area contributed by atoms with Gasteiger partial charge in [-0.1, -0.05) is 11.6 Å². The molecule has 0 aromatic heterocycles. The molecule has 0 radical (unpaired) electrons. The first-order valence-corrected chi connectivity index (χ1v) is 5.39. The molecule has 1 rings (SSSR count). The van der Waals surface area contributed by atoms with E-state index in [2.05, 4.69) is 5.32 Å². The van der Waals surface area contributed by atoms with Crippen molar-refractivity contribution in [1.82, 2.24) is 5.32 Å². The number of carbonyl (C=O) groups is 1. The highest BCUT2D eigenvalue weighted by atomic mass is 35.5. The molecule has 82 valence electrons. The third-order valence-corrected chi connectivity index (χ3v) is 2.30. The lowest BCUT2D eigenvalue weighted by atomic mass is 10.2. The van der Waals surface area contributed by atoms with Crippen LogP contribution >= 0.6 is 23.2 Å². The Morgan fingerprint density at radius 2 is 2.20 bits per heavy atom. The fraction of sp³-hybridized carbons (Fsp3) is 0.300. The molecule has 0 heterocycles. The van der Waals surface area contributed by atoms with Gasteiger partial charge in [0.15, 0.2) is 0 Å². The molecule has 2 N–H and O–H groups in total. The van der Waals surface area contributed by atoms with E-state index in [-0.39, 0.29) is 17.2 Å². The summed E-state index contributed by atoms with van der Waals surface area (Å²) in [4.78, 5) is 11.5. The molecule has 0 aliphatic heterocycles. The topological polar surface area (TPSA) is 49.3 Å². The van der Waals surface area contributed by atoms with Crippen molar-refractivity contribution in [2.24, 2.45) is 0 Å². The molecule has 0 saturated carbocycles. The zero-order chi connectivity index (χ0) is 11.3. The first-order chi connectivity index (χ1) is 7.15. The van der Waals surface area contributed by atoms with Crippen LogP contribution in [0.15, 0.2) is 18.2 Å². The van der Waals surface area contributed by atoms with Gasteiger partial charge in [-0.25, -0.2) is 0 Å². The number of nitrogens with one attached hydrogen (secondary N) is 1. The minimum atomic E-state index is -0.325. The molecule has 0 aliphatic carbocycles. The van der Waals surface area contributed by atoms with Crippen molar-refractivity contribution in [3.8, 4) is 5.75 Å². The Morgan fingerprint density at radius 1 is 1.47 bits per heavy atom. The molecule has 5 heteroatoms. The van der Waals surface area contributed by atoms with Crippen LogP contribution in [0.2, 0.25) is 5.02 Å². The number of amides is 1. The van der Waals surface area contributed by atoms with Crippen LogP contribution in [0, 0.1) is 0 Å². The number of benzene rings is 1. The number of carbonyl (C=O) groups excluding carboxylic acids is 1. The minimum absolute atomic E-state index is 0.120. The van der Waals surface area contributed by atoms with E-state index in [4.69, 9.17) is 23.2 Å². The fourth-order valence-electron chi connectivity index (χ4n) is 1.06. The van der Waals surface area contributed by atoms with Gasteiger partial charge in [0.2, 0.25) is 0 Å². The Hall–Kier alpha value is -0.930. The van der Waals surface area contributed by atoms with Gasteiger partial charge in [0.1, 0.15) is 5.75 Å². The van der Waals surface area contributed by atoms with E-state index in [9.17, 15) is 9.90 Å². The van der Waals surface area contributed by atoms with Crippen LogP contribution in [-0.4, -0.2) is 23.4 Å². The van der Waals surface area contributed by atoms with Gasteiger partial charge >= 0.3 is 0 Å². The van der Waals surface area contributed by atoms with E-state index in [1.54, 1.807) is 6.07 Å². The SMILES string of the molecule is O=C(NCCCCl)c1ccc(Cl)cc1O. The molecular weight excluding hydrogens is 237 g/mol. The maximum Gasteiger partial charge on any atom is 0.255 e. The molecule has 0 fully saturated rings. The van der Waals surface area contributed by atoms with Crippen LogP contribution in [0.1, 0.15) is 16.8 Å². The van der Waals surface area contributed by atoms with Crippen molar-refractivity contribution in [2.75, 3.05) is 12.4 Å². The van der Waals surface area contributed by atoms with E-state index in [0.717, 1.165) is 0 Å². The number of rotatable bonds is 4. The molecule has 15 heavy (non-hydrogen) atoms. The largest absolute Gasteiger partial charge is 0.507 e. The quantitative estimate of drug-likeness (QED) is 0.635. The molecule has 0 aliphatic rings. The van der Waals surface area contributed by atoms with Crippen molar-refractivity contribution in [3.63, 3.8) is 0 Å². The van der Waals surface area contributed by atoms with E-state index in [1.807, 2.05) is 0 Å². The molecule has 0 spiro atoms. The van der Waals surface area contributed by atoms with Crippen LogP contribution in [0.3, 0.4) is 0 Å². The summed E-state index contributed by atoms with van der Waals surface area (Å²) in [5.74, 6) is 0.0486. The molecule has 0 saturated heterocycles. The Morgan fingerprint density at radius 3 is 2.80 bits per heavy atom. The van der Waals surface area contributed by atoms with Gasteiger partial charge in [-0.3, -0.25) is 4.79 Å².